The van der Waals surface area contributed by atoms with Gasteiger partial charge in [0.1, 0.15) is 6.33 Å². The number of nitrogens with zero attached hydrogens (tertiary/aromatic N) is 2. The topological polar surface area (TPSA) is 55.1 Å². The van der Waals surface area contributed by atoms with Gasteiger partial charge in [-0.25, -0.2) is 9.78 Å². The Balaban J connectivity index is 2.31. The monoisotopic (exact) mass is 350 g/mol. The standard InChI is InChI=1S/C14H8BrClN2O2/c15-10-6-8(4-5-11(10)16)18-7-17-12-3-1-2-9(13(12)18)14(19)20/h1-7H,(H,19,20). The van der Waals surface area contributed by atoms with Crippen molar-refractivity contribution < 1.29 is 9.90 Å². The molecule has 0 aliphatic carbocycles. The number of rotatable bonds is 2. The fraction of sp³-hybridized carbons (Fsp3) is 0. The van der Waals surface area contributed by atoms with Gasteiger partial charge < -0.3 is 5.11 Å². The fourth-order valence-corrected chi connectivity index (χ4v) is 2.55. The molecule has 0 unspecified atom stereocenters. The summed E-state index contributed by atoms with van der Waals surface area (Å²) >= 11 is 9.34. The molecule has 0 radical (unpaired) electrons. The number of aromatic carboxylic acids is 1. The van der Waals surface area contributed by atoms with E-state index in [-0.39, 0.29) is 5.56 Å². The highest BCUT2D eigenvalue weighted by molar-refractivity contribution is 9.10. The second-order valence-corrected chi connectivity index (χ2v) is 5.45. The lowest BCUT2D eigenvalue weighted by molar-refractivity contribution is 0.0698. The van der Waals surface area contributed by atoms with Gasteiger partial charge in [0.15, 0.2) is 0 Å². The molecule has 0 bridgehead atoms. The lowest BCUT2D eigenvalue weighted by Gasteiger charge is -2.07. The van der Waals surface area contributed by atoms with Gasteiger partial charge >= 0.3 is 5.97 Å². The molecule has 2 aromatic carbocycles. The summed E-state index contributed by atoms with van der Waals surface area (Å²) < 4.78 is 2.48. The van der Waals surface area contributed by atoms with Crippen LogP contribution < -0.4 is 0 Å². The number of halogens is 2. The Labute approximate surface area is 127 Å². The van der Waals surface area contributed by atoms with Crippen LogP contribution in [0.2, 0.25) is 5.02 Å². The van der Waals surface area contributed by atoms with E-state index in [0.717, 1.165) is 10.2 Å². The molecule has 0 amide bonds. The zero-order chi connectivity index (χ0) is 14.3. The number of benzene rings is 2. The van der Waals surface area contributed by atoms with Gasteiger partial charge in [0.2, 0.25) is 0 Å². The van der Waals surface area contributed by atoms with Gasteiger partial charge in [0, 0.05) is 10.2 Å². The number of hydrogen-bond donors (Lipinski definition) is 1. The number of imidazole rings is 1. The second kappa shape index (κ2) is 4.92. The minimum atomic E-state index is -0.981. The number of fused-ring (bicyclic) bond motifs is 1. The molecule has 20 heavy (non-hydrogen) atoms. The maximum atomic E-state index is 11.3. The first-order valence-electron chi connectivity index (χ1n) is 5.72. The van der Waals surface area contributed by atoms with Crippen LogP contribution in [0.1, 0.15) is 10.4 Å². The van der Waals surface area contributed by atoms with Gasteiger partial charge in [-0.15, -0.1) is 0 Å². The van der Waals surface area contributed by atoms with Gasteiger partial charge in [-0.2, -0.15) is 0 Å². The average molecular weight is 352 g/mol. The van der Waals surface area contributed by atoms with E-state index in [1.165, 1.54) is 0 Å². The molecule has 0 fully saturated rings. The Kier molecular flexibility index (Phi) is 3.23. The van der Waals surface area contributed by atoms with Crippen molar-refractivity contribution in [1.29, 1.82) is 0 Å². The van der Waals surface area contributed by atoms with E-state index in [0.29, 0.717) is 16.1 Å². The Hall–Kier alpha value is -1.85. The van der Waals surface area contributed by atoms with Crippen molar-refractivity contribution in [2.24, 2.45) is 0 Å². The molecule has 100 valence electrons. The molecule has 6 heteroatoms. The van der Waals surface area contributed by atoms with E-state index >= 15 is 0 Å². The summed E-state index contributed by atoms with van der Waals surface area (Å²) in [6, 6.07) is 10.4. The SMILES string of the molecule is O=C(O)c1cccc2ncn(-c3ccc(Cl)c(Br)c3)c12. The first kappa shape index (κ1) is 13.1. The van der Waals surface area contributed by atoms with Crippen molar-refractivity contribution in [2.75, 3.05) is 0 Å². The van der Waals surface area contributed by atoms with Crippen LogP contribution in [-0.2, 0) is 0 Å². The number of hydrogen-bond acceptors (Lipinski definition) is 2. The molecule has 1 N–H and O–H groups in total. The molecule has 3 rings (SSSR count). The van der Waals surface area contributed by atoms with Crippen molar-refractivity contribution >= 4 is 44.5 Å². The van der Waals surface area contributed by atoms with Crippen LogP contribution in [0.25, 0.3) is 16.7 Å². The van der Waals surface area contributed by atoms with Gasteiger partial charge in [0.05, 0.1) is 21.6 Å². The number of aromatic nitrogens is 2. The molecule has 0 saturated heterocycles. The zero-order valence-corrected chi connectivity index (χ0v) is 12.4. The van der Waals surface area contributed by atoms with Gasteiger partial charge in [-0.3, -0.25) is 4.57 Å². The Bertz CT molecular complexity index is 829. The largest absolute Gasteiger partial charge is 0.478 e. The van der Waals surface area contributed by atoms with E-state index in [1.54, 1.807) is 35.2 Å². The predicted octanol–water partition coefficient (Wildman–Crippen LogP) is 4.14. The lowest BCUT2D eigenvalue weighted by Crippen LogP contribution is -2.01. The van der Waals surface area contributed by atoms with Crippen molar-refractivity contribution in [3.05, 3.63) is 57.8 Å². The molecular weight excluding hydrogens is 344 g/mol. The zero-order valence-electron chi connectivity index (χ0n) is 10.0. The molecular formula is C14H8BrClN2O2. The van der Waals surface area contributed by atoms with E-state index in [4.69, 9.17) is 11.6 Å². The van der Waals surface area contributed by atoms with Crippen LogP contribution in [0.4, 0.5) is 0 Å². The minimum absolute atomic E-state index is 0.214. The van der Waals surface area contributed by atoms with Crippen molar-refractivity contribution in [3.8, 4) is 5.69 Å². The fourth-order valence-electron chi connectivity index (χ4n) is 2.07. The van der Waals surface area contributed by atoms with E-state index < -0.39 is 5.97 Å². The molecule has 4 nitrogen and oxygen atoms in total. The van der Waals surface area contributed by atoms with Gasteiger partial charge in [-0.1, -0.05) is 17.7 Å². The Morgan fingerprint density at radius 2 is 2.10 bits per heavy atom. The normalized spacial score (nSPS) is 10.9. The third-order valence-corrected chi connectivity index (χ3v) is 4.19. The summed E-state index contributed by atoms with van der Waals surface area (Å²) in [6.07, 6.45) is 1.60. The highest BCUT2D eigenvalue weighted by Crippen LogP contribution is 2.28. The van der Waals surface area contributed by atoms with Crippen LogP contribution in [0, 0.1) is 0 Å². The summed E-state index contributed by atoms with van der Waals surface area (Å²) in [7, 11) is 0. The first-order chi connectivity index (χ1) is 9.58. The third-order valence-electron chi connectivity index (χ3n) is 2.98. The first-order valence-corrected chi connectivity index (χ1v) is 6.90. The maximum Gasteiger partial charge on any atom is 0.337 e. The number of carbonyl (C=O) groups is 1. The van der Waals surface area contributed by atoms with E-state index in [1.807, 2.05) is 12.1 Å². The second-order valence-electron chi connectivity index (χ2n) is 4.19. The summed E-state index contributed by atoms with van der Waals surface area (Å²) in [6.45, 7) is 0. The molecule has 3 aromatic rings. The molecule has 1 aromatic heterocycles. The van der Waals surface area contributed by atoms with Crippen LogP contribution in [0.5, 0.6) is 0 Å². The molecule has 0 atom stereocenters. The van der Waals surface area contributed by atoms with E-state index in [2.05, 4.69) is 20.9 Å². The van der Waals surface area contributed by atoms with Gasteiger partial charge in [-0.05, 0) is 46.3 Å². The highest BCUT2D eigenvalue weighted by atomic mass is 79.9. The molecule has 0 saturated carbocycles. The number of carboxylic acids is 1. The Morgan fingerprint density at radius 1 is 1.30 bits per heavy atom. The summed E-state index contributed by atoms with van der Waals surface area (Å²) in [4.78, 5) is 15.6. The van der Waals surface area contributed by atoms with E-state index in [9.17, 15) is 9.90 Å². The minimum Gasteiger partial charge on any atom is -0.478 e. The van der Waals surface area contributed by atoms with Crippen LogP contribution >= 0.6 is 27.5 Å². The van der Waals surface area contributed by atoms with Crippen LogP contribution in [0.3, 0.4) is 0 Å². The summed E-state index contributed by atoms with van der Waals surface area (Å²) in [5.74, 6) is -0.981. The van der Waals surface area contributed by atoms with Crippen LogP contribution in [-0.4, -0.2) is 20.6 Å². The smallest absolute Gasteiger partial charge is 0.337 e. The third kappa shape index (κ3) is 2.09. The summed E-state index contributed by atoms with van der Waals surface area (Å²) in [5, 5.41) is 9.89. The number of carboxylic acid groups (broad SMARTS) is 1. The van der Waals surface area contributed by atoms with Crippen molar-refractivity contribution in [1.82, 2.24) is 9.55 Å². The molecule has 0 aliphatic heterocycles. The van der Waals surface area contributed by atoms with Gasteiger partial charge in [0.25, 0.3) is 0 Å². The average Bonchev–Trinajstić information content (AvgIpc) is 2.85. The van der Waals surface area contributed by atoms with Crippen molar-refractivity contribution in [2.45, 2.75) is 0 Å². The lowest BCUT2D eigenvalue weighted by atomic mass is 10.2. The molecule has 1 heterocycles. The quantitative estimate of drug-likeness (QED) is 0.755. The summed E-state index contributed by atoms with van der Waals surface area (Å²) in [5.41, 5.74) is 2.20. The number of para-hydroxylation sites is 1. The molecule has 0 spiro atoms. The predicted molar refractivity (Wildman–Crippen MR) is 80.7 cm³/mol. The Morgan fingerprint density at radius 3 is 2.80 bits per heavy atom. The highest BCUT2D eigenvalue weighted by Gasteiger charge is 2.14. The molecule has 0 aliphatic rings. The van der Waals surface area contributed by atoms with Crippen molar-refractivity contribution in [3.63, 3.8) is 0 Å². The van der Waals surface area contributed by atoms with Crippen LogP contribution in [0.15, 0.2) is 47.2 Å². The maximum absolute atomic E-state index is 11.3.